The van der Waals surface area contributed by atoms with E-state index < -0.39 is 0 Å². The molecule has 0 aliphatic heterocycles. The SMILES string of the molecule is COc1ccc(C)cc1CN(C)C(=O)CCc1nc2sc3c(c2c(=O)[nH]1)CCC3. The maximum Gasteiger partial charge on any atom is 0.259 e. The molecule has 29 heavy (non-hydrogen) atoms. The summed E-state index contributed by atoms with van der Waals surface area (Å²) in [6.45, 7) is 2.49. The molecule has 1 amide bonds. The van der Waals surface area contributed by atoms with Crippen LogP contribution in [0.2, 0.25) is 0 Å². The zero-order valence-corrected chi connectivity index (χ0v) is 17.8. The van der Waals surface area contributed by atoms with Gasteiger partial charge in [0.1, 0.15) is 16.4 Å². The molecule has 7 heteroatoms. The molecule has 0 atom stereocenters. The Bertz CT molecular complexity index is 1130. The molecule has 0 radical (unpaired) electrons. The summed E-state index contributed by atoms with van der Waals surface area (Å²) in [7, 11) is 3.42. The summed E-state index contributed by atoms with van der Waals surface area (Å²) in [6, 6.07) is 5.94. The van der Waals surface area contributed by atoms with E-state index in [0.29, 0.717) is 25.2 Å². The highest BCUT2D eigenvalue weighted by Crippen LogP contribution is 2.34. The number of benzene rings is 1. The molecule has 2 aromatic heterocycles. The largest absolute Gasteiger partial charge is 0.496 e. The second kappa shape index (κ2) is 7.99. The summed E-state index contributed by atoms with van der Waals surface area (Å²) in [4.78, 5) is 36.5. The molecule has 6 nitrogen and oxygen atoms in total. The highest BCUT2D eigenvalue weighted by atomic mass is 32.1. The second-order valence-electron chi connectivity index (χ2n) is 7.62. The quantitative estimate of drug-likeness (QED) is 0.675. The number of methoxy groups -OCH3 is 1. The number of hydrogen-bond donors (Lipinski definition) is 1. The minimum Gasteiger partial charge on any atom is -0.496 e. The zero-order valence-electron chi connectivity index (χ0n) is 17.0. The van der Waals surface area contributed by atoms with E-state index in [1.54, 1.807) is 30.4 Å². The summed E-state index contributed by atoms with van der Waals surface area (Å²) in [5.74, 6) is 1.36. The predicted molar refractivity (Wildman–Crippen MR) is 115 cm³/mol. The Morgan fingerprint density at radius 3 is 2.97 bits per heavy atom. The molecule has 152 valence electrons. The van der Waals surface area contributed by atoms with Gasteiger partial charge in [0.15, 0.2) is 0 Å². The number of aromatic amines is 1. The van der Waals surface area contributed by atoms with Crippen molar-refractivity contribution in [1.82, 2.24) is 14.9 Å². The lowest BCUT2D eigenvalue weighted by Crippen LogP contribution is -2.27. The molecule has 3 aromatic rings. The van der Waals surface area contributed by atoms with Gasteiger partial charge >= 0.3 is 0 Å². The zero-order chi connectivity index (χ0) is 20.5. The fourth-order valence-corrected chi connectivity index (χ4v) is 5.24. The normalized spacial score (nSPS) is 12.9. The number of nitrogens with one attached hydrogen (secondary N) is 1. The van der Waals surface area contributed by atoms with Gasteiger partial charge in [-0.05, 0) is 37.8 Å². The lowest BCUT2D eigenvalue weighted by molar-refractivity contribution is -0.130. The third kappa shape index (κ3) is 3.92. The summed E-state index contributed by atoms with van der Waals surface area (Å²) < 4.78 is 5.40. The highest BCUT2D eigenvalue weighted by Gasteiger charge is 2.21. The minimum atomic E-state index is -0.0744. The van der Waals surface area contributed by atoms with E-state index in [2.05, 4.69) is 9.97 Å². The van der Waals surface area contributed by atoms with Gasteiger partial charge in [0.05, 0.1) is 12.5 Å². The Morgan fingerprint density at radius 1 is 1.34 bits per heavy atom. The molecular formula is C22H25N3O3S. The lowest BCUT2D eigenvalue weighted by Gasteiger charge is -2.19. The van der Waals surface area contributed by atoms with Crippen LogP contribution in [-0.2, 0) is 30.6 Å². The smallest absolute Gasteiger partial charge is 0.259 e. The van der Waals surface area contributed by atoms with E-state index >= 15 is 0 Å². The number of amides is 1. The van der Waals surface area contributed by atoms with Crippen molar-refractivity contribution in [2.45, 2.75) is 45.6 Å². The standard InChI is InChI=1S/C22H25N3O3S/c1-13-7-8-16(28-3)14(11-13)12-25(2)19(26)10-9-18-23-21(27)20-15-5-4-6-17(15)29-22(20)24-18/h7-8,11H,4-6,9-10,12H2,1-3H3,(H,23,24,27). The summed E-state index contributed by atoms with van der Waals surface area (Å²) >= 11 is 1.62. The van der Waals surface area contributed by atoms with Crippen LogP contribution in [0.15, 0.2) is 23.0 Å². The molecule has 0 spiro atoms. The minimum absolute atomic E-state index is 0.00461. The van der Waals surface area contributed by atoms with E-state index in [1.165, 1.54) is 10.4 Å². The van der Waals surface area contributed by atoms with Crippen LogP contribution >= 0.6 is 11.3 Å². The molecule has 1 aliphatic carbocycles. The Kier molecular flexibility index (Phi) is 5.41. The monoisotopic (exact) mass is 411 g/mol. The molecular weight excluding hydrogens is 386 g/mol. The van der Waals surface area contributed by atoms with E-state index in [-0.39, 0.29) is 11.5 Å². The Hall–Kier alpha value is -2.67. The first kappa shape index (κ1) is 19.6. The van der Waals surface area contributed by atoms with Crippen molar-refractivity contribution in [3.8, 4) is 5.75 Å². The van der Waals surface area contributed by atoms with Crippen LogP contribution in [0.4, 0.5) is 0 Å². The number of aromatic nitrogens is 2. The van der Waals surface area contributed by atoms with Gasteiger partial charge in [0.25, 0.3) is 5.56 Å². The molecule has 0 fully saturated rings. The van der Waals surface area contributed by atoms with E-state index in [0.717, 1.165) is 46.4 Å². The molecule has 4 rings (SSSR count). The predicted octanol–water partition coefficient (Wildman–Crippen LogP) is 3.38. The van der Waals surface area contributed by atoms with Crippen molar-refractivity contribution >= 4 is 27.5 Å². The average molecular weight is 412 g/mol. The Labute approximate surface area is 173 Å². The van der Waals surface area contributed by atoms with Crippen LogP contribution in [0.1, 0.15) is 40.2 Å². The first-order valence-electron chi connectivity index (χ1n) is 9.87. The van der Waals surface area contributed by atoms with Crippen molar-refractivity contribution in [2.75, 3.05) is 14.2 Å². The molecule has 0 saturated heterocycles. The number of aryl methyl sites for hydroxylation is 4. The van der Waals surface area contributed by atoms with Crippen molar-refractivity contribution in [3.05, 3.63) is 55.9 Å². The van der Waals surface area contributed by atoms with E-state index in [1.807, 2.05) is 25.1 Å². The third-order valence-corrected chi connectivity index (χ3v) is 6.65. The van der Waals surface area contributed by atoms with Crippen molar-refractivity contribution in [2.24, 2.45) is 0 Å². The molecule has 1 aliphatic rings. The number of hydrogen-bond acceptors (Lipinski definition) is 5. The van der Waals surface area contributed by atoms with Gasteiger partial charge in [-0.1, -0.05) is 17.7 Å². The number of carbonyl (C=O) groups excluding carboxylic acids is 1. The lowest BCUT2D eigenvalue weighted by atomic mass is 10.1. The molecule has 0 saturated carbocycles. The van der Waals surface area contributed by atoms with Crippen molar-refractivity contribution in [1.29, 1.82) is 0 Å². The van der Waals surface area contributed by atoms with Crippen molar-refractivity contribution < 1.29 is 9.53 Å². The number of thiophene rings is 1. The number of rotatable bonds is 6. The van der Waals surface area contributed by atoms with Crippen molar-refractivity contribution in [3.63, 3.8) is 0 Å². The van der Waals surface area contributed by atoms with Gasteiger partial charge < -0.3 is 14.6 Å². The van der Waals surface area contributed by atoms with Crippen LogP contribution in [-0.4, -0.2) is 34.9 Å². The summed E-state index contributed by atoms with van der Waals surface area (Å²) in [6.07, 6.45) is 3.83. The van der Waals surface area contributed by atoms with Crippen LogP contribution in [0.25, 0.3) is 10.2 Å². The van der Waals surface area contributed by atoms with E-state index in [4.69, 9.17) is 4.74 Å². The maximum atomic E-state index is 12.6. The molecule has 0 bridgehead atoms. The van der Waals surface area contributed by atoms with E-state index in [9.17, 15) is 9.59 Å². The molecule has 1 aromatic carbocycles. The first-order valence-corrected chi connectivity index (χ1v) is 10.7. The number of carbonyl (C=O) groups is 1. The molecule has 0 unspecified atom stereocenters. The number of nitrogens with zero attached hydrogens (tertiary/aromatic N) is 2. The first-order chi connectivity index (χ1) is 14.0. The second-order valence-corrected chi connectivity index (χ2v) is 8.70. The van der Waals surface area contributed by atoms with Crippen LogP contribution in [0.3, 0.4) is 0 Å². The number of fused-ring (bicyclic) bond motifs is 3. The third-order valence-electron chi connectivity index (χ3n) is 5.47. The molecule has 2 heterocycles. The average Bonchev–Trinajstić information content (AvgIpc) is 3.27. The highest BCUT2D eigenvalue weighted by molar-refractivity contribution is 7.18. The van der Waals surface area contributed by atoms with Gasteiger partial charge in [0, 0.05) is 36.9 Å². The van der Waals surface area contributed by atoms with Crippen LogP contribution in [0.5, 0.6) is 5.75 Å². The summed E-state index contributed by atoms with van der Waals surface area (Å²) in [5, 5.41) is 0.751. The van der Waals surface area contributed by atoms with Crippen LogP contribution in [0, 0.1) is 6.92 Å². The Morgan fingerprint density at radius 2 is 2.17 bits per heavy atom. The number of H-pyrrole nitrogens is 1. The summed E-state index contributed by atoms with van der Waals surface area (Å²) in [5.41, 5.74) is 3.20. The van der Waals surface area contributed by atoms with Gasteiger partial charge in [-0.25, -0.2) is 4.98 Å². The fourth-order valence-electron chi connectivity index (χ4n) is 3.96. The maximum absolute atomic E-state index is 12.6. The van der Waals surface area contributed by atoms with Gasteiger partial charge in [-0.2, -0.15) is 0 Å². The number of ether oxygens (including phenoxy) is 1. The van der Waals surface area contributed by atoms with Gasteiger partial charge in [-0.15, -0.1) is 11.3 Å². The van der Waals surface area contributed by atoms with Gasteiger partial charge in [-0.3, -0.25) is 9.59 Å². The molecule has 1 N–H and O–H groups in total. The van der Waals surface area contributed by atoms with Gasteiger partial charge in [0.2, 0.25) is 5.91 Å². The fraction of sp³-hybridized carbons (Fsp3) is 0.409. The topological polar surface area (TPSA) is 75.3 Å². The van der Waals surface area contributed by atoms with Crippen LogP contribution < -0.4 is 10.3 Å². The Balaban J connectivity index is 1.44.